The molecule has 2 atom stereocenters. The Morgan fingerprint density at radius 3 is 1.55 bits per heavy atom. The van der Waals surface area contributed by atoms with Crippen LogP contribution in [0.5, 0.6) is 0 Å². The van der Waals surface area contributed by atoms with Gasteiger partial charge >= 0.3 is 0 Å². The van der Waals surface area contributed by atoms with Crippen molar-refractivity contribution in [3.8, 4) is 0 Å². The second-order valence-electron chi connectivity index (χ2n) is 11.2. The van der Waals surface area contributed by atoms with Gasteiger partial charge in [-0.3, -0.25) is 4.79 Å². The van der Waals surface area contributed by atoms with Crippen LogP contribution in [-0.2, 0) is 4.79 Å². The van der Waals surface area contributed by atoms with Crippen LogP contribution in [-0.4, -0.2) is 34.9 Å². The third-order valence-electron chi connectivity index (χ3n) is 7.41. The molecular weight excluding hydrogens is 470 g/mol. The predicted molar refractivity (Wildman–Crippen MR) is 165 cm³/mol. The number of carbonyl (C=O) groups excluding carboxylic acids is 1. The number of aliphatic hydroxyl groups is 2. The van der Waals surface area contributed by atoms with Gasteiger partial charge in [0.15, 0.2) is 0 Å². The van der Waals surface area contributed by atoms with Crippen molar-refractivity contribution in [2.75, 3.05) is 6.61 Å². The molecule has 0 rings (SSSR count). The second kappa shape index (κ2) is 30.4. The number of nitrogens with one attached hydrogen (secondary N) is 1. The summed E-state index contributed by atoms with van der Waals surface area (Å²) in [5, 5.41) is 22.8. The Balaban J connectivity index is 3.64. The fraction of sp³-hybridized carbons (Fsp3) is 0.853. The summed E-state index contributed by atoms with van der Waals surface area (Å²) in [5.41, 5.74) is 0. The van der Waals surface area contributed by atoms with Crippen molar-refractivity contribution in [2.45, 2.75) is 180 Å². The largest absolute Gasteiger partial charge is 0.394 e. The van der Waals surface area contributed by atoms with E-state index in [1.807, 2.05) is 6.08 Å². The maximum Gasteiger partial charge on any atom is 0.220 e. The second-order valence-corrected chi connectivity index (χ2v) is 11.2. The molecule has 0 aliphatic heterocycles. The van der Waals surface area contributed by atoms with Gasteiger partial charge in [0, 0.05) is 6.42 Å². The molecule has 0 aromatic rings. The third kappa shape index (κ3) is 26.5. The highest BCUT2D eigenvalue weighted by Crippen LogP contribution is 2.14. The normalized spacial score (nSPS) is 13.5. The van der Waals surface area contributed by atoms with E-state index in [4.69, 9.17) is 0 Å². The fourth-order valence-electron chi connectivity index (χ4n) is 4.82. The molecule has 0 radical (unpaired) electrons. The Kier molecular flexibility index (Phi) is 29.5. The van der Waals surface area contributed by atoms with E-state index in [1.165, 1.54) is 109 Å². The SMILES string of the molecule is CCC/C=C\CCCCCCCC(=O)NC(CO)C(O)/C=C/CCCCCCCCCCCCCCCC. The summed E-state index contributed by atoms with van der Waals surface area (Å²) in [6.45, 7) is 4.22. The first-order chi connectivity index (χ1) is 18.7. The lowest BCUT2D eigenvalue weighted by Crippen LogP contribution is -2.45. The Bertz CT molecular complexity index is 546. The van der Waals surface area contributed by atoms with Crippen LogP contribution in [0.25, 0.3) is 0 Å². The number of hydrogen-bond donors (Lipinski definition) is 3. The molecule has 0 aromatic carbocycles. The van der Waals surface area contributed by atoms with Crippen LogP contribution in [0.15, 0.2) is 24.3 Å². The van der Waals surface area contributed by atoms with Crippen molar-refractivity contribution >= 4 is 5.91 Å². The summed E-state index contributed by atoms with van der Waals surface area (Å²) in [4.78, 5) is 12.2. The summed E-state index contributed by atoms with van der Waals surface area (Å²) in [6, 6.07) is -0.620. The number of aliphatic hydroxyl groups excluding tert-OH is 2. The third-order valence-corrected chi connectivity index (χ3v) is 7.41. The zero-order chi connectivity index (χ0) is 27.9. The Hall–Kier alpha value is -1.13. The first kappa shape index (κ1) is 36.9. The van der Waals surface area contributed by atoms with Crippen LogP contribution < -0.4 is 5.32 Å². The van der Waals surface area contributed by atoms with E-state index >= 15 is 0 Å². The average Bonchev–Trinajstić information content (AvgIpc) is 2.92. The van der Waals surface area contributed by atoms with Gasteiger partial charge in [0.2, 0.25) is 5.91 Å². The zero-order valence-corrected chi connectivity index (χ0v) is 25.4. The van der Waals surface area contributed by atoms with E-state index in [0.29, 0.717) is 6.42 Å². The van der Waals surface area contributed by atoms with Gasteiger partial charge in [0.25, 0.3) is 0 Å². The molecule has 0 aliphatic rings. The van der Waals surface area contributed by atoms with Crippen LogP contribution in [0.2, 0.25) is 0 Å². The summed E-state index contributed by atoms with van der Waals surface area (Å²) in [7, 11) is 0. The summed E-state index contributed by atoms with van der Waals surface area (Å²) < 4.78 is 0. The van der Waals surface area contributed by atoms with E-state index < -0.39 is 12.1 Å². The minimum Gasteiger partial charge on any atom is -0.394 e. The molecule has 0 aliphatic carbocycles. The summed E-state index contributed by atoms with van der Waals surface area (Å²) in [5.74, 6) is -0.0778. The lowest BCUT2D eigenvalue weighted by molar-refractivity contribution is -0.123. The van der Waals surface area contributed by atoms with Gasteiger partial charge in [-0.25, -0.2) is 0 Å². The van der Waals surface area contributed by atoms with Gasteiger partial charge < -0.3 is 15.5 Å². The molecule has 0 saturated heterocycles. The topological polar surface area (TPSA) is 69.6 Å². The number of allylic oxidation sites excluding steroid dienone is 3. The first-order valence-electron chi connectivity index (χ1n) is 16.6. The molecule has 38 heavy (non-hydrogen) atoms. The van der Waals surface area contributed by atoms with Crippen molar-refractivity contribution in [2.24, 2.45) is 0 Å². The molecule has 3 N–H and O–H groups in total. The minimum atomic E-state index is -0.837. The Morgan fingerprint density at radius 1 is 0.605 bits per heavy atom. The first-order valence-corrected chi connectivity index (χ1v) is 16.6. The van der Waals surface area contributed by atoms with Gasteiger partial charge in [0.05, 0.1) is 18.8 Å². The van der Waals surface area contributed by atoms with Crippen LogP contribution in [0.4, 0.5) is 0 Å². The highest BCUT2D eigenvalue weighted by atomic mass is 16.3. The van der Waals surface area contributed by atoms with E-state index in [0.717, 1.165) is 38.5 Å². The van der Waals surface area contributed by atoms with E-state index in [-0.39, 0.29) is 12.5 Å². The van der Waals surface area contributed by atoms with Gasteiger partial charge in [-0.1, -0.05) is 147 Å². The molecule has 0 spiro atoms. The lowest BCUT2D eigenvalue weighted by Gasteiger charge is -2.20. The molecule has 0 fully saturated rings. The van der Waals surface area contributed by atoms with Crippen LogP contribution in [0.3, 0.4) is 0 Å². The molecule has 0 saturated carbocycles. The Labute approximate surface area is 237 Å². The minimum absolute atomic E-state index is 0.0778. The van der Waals surface area contributed by atoms with Gasteiger partial charge in [-0.05, 0) is 38.5 Å². The number of unbranched alkanes of at least 4 members (excludes halogenated alkanes) is 20. The molecule has 1 amide bonds. The van der Waals surface area contributed by atoms with Gasteiger partial charge in [-0.15, -0.1) is 0 Å². The number of carbonyl (C=O) groups is 1. The molecule has 4 nitrogen and oxygen atoms in total. The fourth-order valence-corrected chi connectivity index (χ4v) is 4.82. The van der Waals surface area contributed by atoms with Crippen molar-refractivity contribution in [3.63, 3.8) is 0 Å². The smallest absolute Gasteiger partial charge is 0.220 e. The van der Waals surface area contributed by atoms with Crippen LogP contribution >= 0.6 is 0 Å². The molecule has 0 bridgehead atoms. The van der Waals surface area contributed by atoms with Crippen molar-refractivity contribution < 1.29 is 15.0 Å². The maximum absolute atomic E-state index is 12.2. The summed E-state index contributed by atoms with van der Waals surface area (Å²) in [6.07, 6.45) is 36.8. The van der Waals surface area contributed by atoms with Crippen molar-refractivity contribution in [1.82, 2.24) is 5.32 Å². The monoisotopic (exact) mass is 535 g/mol. The highest BCUT2D eigenvalue weighted by molar-refractivity contribution is 5.76. The number of amides is 1. The molecule has 2 unspecified atom stereocenters. The summed E-state index contributed by atoms with van der Waals surface area (Å²) >= 11 is 0. The molecule has 0 heterocycles. The molecule has 4 heteroatoms. The quantitative estimate of drug-likeness (QED) is 0.0660. The van der Waals surface area contributed by atoms with E-state index in [9.17, 15) is 15.0 Å². The van der Waals surface area contributed by atoms with Gasteiger partial charge in [-0.2, -0.15) is 0 Å². The van der Waals surface area contributed by atoms with Crippen LogP contribution in [0.1, 0.15) is 168 Å². The van der Waals surface area contributed by atoms with Crippen molar-refractivity contribution in [1.29, 1.82) is 0 Å². The van der Waals surface area contributed by atoms with Crippen LogP contribution in [0, 0.1) is 0 Å². The molecule has 0 aromatic heterocycles. The van der Waals surface area contributed by atoms with Gasteiger partial charge in [0.1, 0.15) is 0 Å². The number of hydrogen-bond acceptors (Lipinski definition) is 3. The molecular formula is C34H65NO3. The number of rotatable bonds is 29. The zero-order valence-electron chi connectivity index (χ0n) is 25.4. The van der Waals surface area contributed by atoms with Crippen molar-refractivity contribution in [3.05, 3.63) is 24.3 Å². The maximum atomic E-state index is 12.2. The molecule has 224 valence electrons. The predicted octanol–water partition coefficient (Wildman–Crippen LogP) is 9.34. The van der Waals surface area contributed by atoms with E-state index in [2.05, 4.69) is 31.3 Å². The van der Waals surface area contributed by atoms with E-state index in [1.54, 1.807) is 6.08 Å². The Morgan fingerprint density at radius 2 is 1.05 bits per heavy atom. The average molecular weight is 536 g/mol. The lowest BCUT2D eigenvalue weighted by atomic mass is 10.0. The highest BCUT2D eigenvalue weighted by Gasteiger charge is 2.17. The standard InChI is InChI=1S/C34H65NO3/c1-3-5-7-9-11-13-15-16-17-18-19-20-21-23-25-27-29-33(37)32(31-36)35-34(38)30-28-26-24-22-14-12-10-8-6-4-2/h8,10,27,29,32-33,36-37H,3-7,9,11-26,28,30-31H2,1-2H3,(H,35,38)/b10-8-,29-27+.